The van der Waals surface area contributed by atoms with Gasteiger partial charge in [-0.05, 0) is 76.0 Å². The molecule has 0 spiro atoms. The predicted molar refractivity (Wildman–Crippen MR) is 110 cm³/mol. The molecule has 1 heterocycles. The van der Waals surface area contributed by atoms with Gasteiger partial charge in [0.15, 0.2) is 0 Å². The minimum Gasteiger partial charge on any atom is -0.342 e. The number of carbonyl (C=O) groups is 2. The van der Waals surface area contributed by atoms with Crippen LogP contribution < -0.4 is 4.90 Å². The van der Waals surface area contributed by atoms with E-state index in [-0.39, 0.29) is 17.7 Å². The summed E-state index contributed by atoms with van der Waals surface area (Å²) in [6.07, 6.45) is 5.63. The van der Waals surface area contributed by atoms with Crippen LogP contribution in [0.1, 0.15) is 57.9 Å². The first-order valence-electron chi connectivity index (χ1n) is 10.7. The molecule has 1 aromatic rings. The highest BCUT2D eigenvalue weighted by Gasteiger charge is 2.34. The molecule has 1 saturated carbocycles. The fourth-order valence-electron chi connectivity index (χ4n) is 4.56. The molecule has 0 aromatic heterocycles. The summed E-state index contributed by atoms with van der Waals surface area (Å²) < 4.78 is 0. The number of hydrogen-bond acceptors (Lipinski definition) is 2. The van der Waals surface area contributed by atoms with Crippen molar-refractivity contribution < 1.29 is 9.59 Å². The number of likely N-dealkylation sites (tertiary alicyclic amines) is 1. The molecule has 0 unspecified atom stereocenters. The number of anilines is 1. The van der Waals surface area contributed by atoms with Crippen LogP contribution in [0.4, 0.5) is 5.69 Å². The molecule has 1 aromatic carbocycles. The molecule has 0 radical (unpaired) electrons. The molecule has 0 atom stereocenters. The lowest BCUT2D eigenvalue weighted by Gasteiger charge is -2.36. The number of piperidine rings is 1. The second-order valence-electron chi connectivity index (χ2n) is 8.48. The Kier molecular flexibility index (Phi) is 6.56. The van der Waals surface area contributed by atoms with Crippen LogP contribution in [-0.4, -0.2) is 36.3 Å². The van der Waals surface area contributed by atoms with E-state index in [1.807, 2.05) is 24.0 Å². The van der Waals surface area contributed by atoms with Gasteiger partial charge in [-0.15, -0.1) is 0 Å². The van der Waals surface area contributed by atoms with Crippen LogP contribution in [0.5, 0.6) is 0 Å². The maximum absolute atomic E-state index is 13.1. The second kappa shape index (κ2) is 8.90. The third kappa shape index (κ3) is 4.72. The summed E-state index contributed by atoms with van der Waals surface area (Å²) in [7, 11) is 0. The fraction of sp³-hybridized carbons (Fsp3) is 0.652. The van der Waals surface area contributed by atoms with Gasteiger partial charge in [0.25, 0.3) is 0 Å². The van der Waals surface area contributed by atoms with Gasteiger partial charge in [-0.25, -0.2) is 0 Å². The lowest BCUT2D eigenvalue weighted by Crippen LogP contribution is -2.43. The molecule has 1 aliphatic heterocycles. The molecule has 4 heteroatoms. The monoisotopic (exact) mass is 370 g/mol. The van der Waals surface area contributed by atoms with Crippen LogP contribution in [0.15, 0.2) is 24.3 Å². The molecule has 0 N–H and O–H groups in total. The van der Waals surface area contributed by atoms with Crippen molar-refractivity contribution in [3.8, 4) is 0 Å². The maximum atomic E-state index is 13.1. The van der Waals surface area contributed by atoms with Crippen molar-refractivity contribution in [2.24, 2.45) is 17.8 Å². The SMILES string of the molecule is CCN(C(=O)C1CCC(C(=O)N2CCC(C)CC2)CC1)c1cccc(C)c1. The first-order chi connectivity index (χ1) is 13.0. The van der Waals surface area contributed by atoms with Crippen LogP contribution in [0.25, 0.3) is 0 Å². The topological polar surface area (TPSA) is 40.6 Å². The standard InChI is InChI=1S/C23H34N2O2/c1-4-25(21-7-5-6-18(3)16-21)23(27)20-10-8-19(9-11-20)22(26)24-14-12-17(2)13-15-24/h5-7,16-17,19-20H,4,8-15H2,1-3H3. The van der Waals surface area contributed by atoms with Gasteiger partial charge in [-0.1, -0.05) is 19.1 Å². The van der Waals surface area contributed by atoms with E-state index in [9.17, 15) is 9.59 Å². The highest BCUT2D eigenvalue weighted by molar-refractivity contribution is 5.95. The third-order valence-electron chi connectivity index (χ3n) is 6.42. The number of carbonyl (C=O) groups excluding carboxylic acids is 2. The second-order valence-corrected chi connectivity index (χ2v) is 8.48. The summed E-state index contributed by atoms with van der Waals surface area (Å²) in [6.45, 7) is 8.87. The Morgan fingerprint density at radius 2 is 1.67 bits per heavy atom. The number of amides is 2. The van der Waals surface area contributed by atoms with Gasteiger partial charge < -0.3 is 9.80 Å². The Morgan fingerprint density at radius 1 is 1.04 bits per heavy atom. The molecule has 1 saturated heterocycles. The predicted octanol–water partition coefficient (Wildman–Crippen LogP) is 4.41. The van der Waals surface area contributed by atoms with E-state index < -0.39 is 0 Å². The molecule has 3 rings (SSSR count). The molecule has 2 aliphatic rings. The Hall–Kier alpha value is -1.84. The minimum atomic E-state index is 0.0518. The van der Waals surface area contributed by atoms with Crippen molar-refractivity contribution >= 4 is 17.5 Å². The van der Waals surface area contributed by atoms with Gasteiger partial charge in [0.1, 0.15) is 0 Å². The van der Waals surface area contributed by atoms with Gasteiger partial charge in [-0.2, -0.15) is 0 Å². The smallest absolute Gasteiger partial charge is 0.230 e. The van der Waals surface area contributed by atoms with E-state index in [1.54, 1.807) is 0 Å². The third-order valence-corrected chi connectivity index (χ3v) is 6.42. The van der Waals surface area contributed by atoms with Gasteiger partial charge in [0.05, 0.1) is 0 Å². The van der Waals surface area contributed by atoms with Crippen molar-refractivity contribution in [3.05, 3.63) is 29.8 Å². The molecule has 2 fully saturated rings. The summed E-state index contributed by atoms with van der Waals surface area (Å²) in [5.74, 6) is 1.47. The molecule has 0 bridgehead atoms. The molecule has 148 valence electrons. The van der Waals surface area contributed by atoms with Crippen molar-refractivity contribution in [2.45, 2.75) is 59.3 Å². The first kappa shape index (κ1) is 19.9. The van der Waals surface area contributed by atoms with E-state index in [4.69, 9.17) is 0 Å². The Labute approximate surface area is 163 Å². The van der Waals surface area contributed by atoms with Gasteiger partial charge in [0.2, 0.25) is 11.8 Å². The Bertz CT molecular complexity index is 656. The first-order valence-corrected chi connectivity index (χ1v) is 10.7. The largest absolute Gasteiger partial charge is 0.342 e. The average Bonchev–Trinajstić information content (AvgIpc) is 2.69. The van der Waals surface area contributed by atoms with Crippen LogP contribution in [0.2, 0.25) is 0 Å². The molecule has 1 aliphatic carbocycles. The van der Waals surface area contributed by atoms with Crippen LogP contribution in [0, 0.1) is 24.7 Å². The van der Waals surface area contributed by atoms with Crippen molar-refractivity contribution in [1.82, 2.24) is 4.90 Å². The maximum Gasteiger partial charge on any atom is 0.230 e. The van der Waals surface area contributed by atoms with E-state index in [2.05, 4.69) is 30.9 Å². The highest BCUT2D eigenvalue weighted by atomic mass is 16.2. The van der Waals surface area contributed by atoms with E-state index in [0.717, 1.165) is 63.2 Å². The zero-order valence-corrected chi connectivity index (χ0v) is 17.1. The van der Waals surface area contributed by atoms with Crippen LogP contribution >= 0.6 is 0 Å². The minimum absolute atomic E-state index is 0.0518. The Balaban J connectivity index is 1.56. The van der Waals surface area contributed by atoms with Gasteiger partial charge in [-0.3, -0.25) is 9.59 Å². The number of nitrogens with zero attached hydrogens (tertiary/aromatic N) is 2. The normalized spacial score (nSPS) is 23.9. The molecule has 27 heavy (non-hydrogen) atoms. The zero-order valence-electron chi connectivity index (χ0n) is 17.1. The lowest BCUT2D eigenvalue weighted by atomic mass is 9.80. The van der Waals surface area contributed by atoms with Crippen LogP contribution in [0.3, 0.4) is 0 Å². The Morgan fingerprint density at radius 3 is 2.26 bits per heavy atom. The molecular weight excluding hydrogens is 336 g/mol. The number of aryl methyl sites for hydroxylation is 1. The number of rotatable bonds is 4. The van der Waals surface area contributed by atoms with Crippen molar-refractivity contribution in [2.75, 3.05) is 24.5 Å². The highest BCUT2D eigenvalue weighted by Crippen LogP contribution is 2.33. The summed E-state index contributed by atoms with van der Waals surface area (Å²) in [5.41, 5.74) is 2.16. The number of benzene rings is 1. The average molecular weight is 371 g/mol. The summed E-state index contributed by atoms with van der Waals surface area (Å²) in [5, 5.41) is 0. The van der Waals surface area contributed by atoms with Gasteiger partial charge in [0, 0.05) is 37.2 Å². The van der Waals surface area contributed by atoms with Crippen molar-refractivity contribution in [1.29, 1.82) is 0 Å². The van der Waals surface area contributed by atoms with E-state index in [0.29, 0.717) is 12.5 Å². The van der Waals surface area contributed by atoms with Crippen LogP contribution in [-0.2, 0) is 9.59 Å². The van der Waals surface area contributed by atoms with E-state index in [1.165, 1.54) is 5.56 Å². The summed E-state index contributed by atoms with van der Waals surface area (Å²) in [6, 6.07) is 8.16. The lowest BCUT2D eigenvalue weighted by molar-refractivity contribution is -0.139. The summed E-state index contributed by atoms with van der Waals surface area (Å²) >= 11 is 0. The van der Waals surface area contributed by atoms with Gasteiger partial charge >= 0.3 is 0 Å². The molecule has 4 nitrogen and oxygen atoms in total. The molecular formula is C23H34N2O2. The fourth-order valence-corrected chi connectivity index (χ4v) is 4.56. The zero-order chi connectivity index (χ0) is 19.4. The van der Waals surface area contributed by atoms with E-state index >= 15 is 0 Å². The quantitative estimate of drug-likeness (QED) is 0.787. The van der Waals surface area contributed by atoms with Crippen molar-refractivity contribution in [3.63, 3.8) is 0 Å². The number of hydrogen-bond donors (Lipinski definition) is 0. The molecule has 2 amide bonds. The summed E-state index contributed by atoms with van der Waals surface area (Å²) in [4.78, 5) is 29.9.